The zero-order valence-electron chi connectivity index (χ0n) is 17.4. The van der Waals surface area contributed by atoms with Crippen LogP contribution in [0.15, 0.2) is 36.0 Å². The summed E-state index contributed by atoms with van der Waals surface area (Å²) in [5.74, 6) is 1.38. The van der Waals surface area contributed by atoms with Gasteiger partial charge in [-0.15, -0.1) is 16.4 Å². The van der Waals surface area contributed by atoms with Gasteiger partial charge in [-0.05, 0) is 39.6 Å². The third kappa shape index (κ3) is 4.85. The molecule has 33 heavy (non-hydrogen) atoms. The molecule has 1 fully saturated rings. The molecule has 10 nitrogen and oxygen atoms in total. The lowest BCUT2D eigenvalue weighted by molar-refractivity contribution is -0.132. The molecule has 1 amide bonds. The number of piperazine rings is 1. The Morgan fingerprint density at radius 3 is 2.73 bits per heavy atom. The van der Waals surface area contributed by atoms with E-state index in [4.69, 9.17) is 33.2 Å². The van der Waals surface area contributed by atoms with Gasteiger partial charge in [-0.1, -0.05) is 29.3 Å². The van der Waals surface area contributed by atoms with Crippen molar-refractivity contribution < 1.29 is 4.79 Å². The van der Waals surface area contributed by atoms with E-state index < -0.39 is 0 Å². The van der Waals surface area contributed by atoms with E-state index in [9.17, 15) is 4.79 Å². The van der Waals surface area contributed by atoms with Gasteiger partial charge in [0.2, 0.25) is 11.9 Å². The van der Waals surface area contributed by atoms with Gasteiger partial charge < -0.3 is 15.1 Å². The number of tetrazole rings is 1. The molecular weight excluding hydrogens is 485 g/mol. The highest BCUT2D eigenvalue weighted by Gasteiger charge is 2.24. The second kappa shape index (κ2) is 9.46. The first kappa shape index (κ1) is 21.8. The fraction of sp³-hybridized carbons (Fsp3) is 0.300. The number of carbonyl (C=O) groups is 1. The number of rotatable bonds is 6. The van der Waals surface area contributed by atoms with Crippen molar-refractivity contribution in [1.29, 1.82) is 0 Å². The van der Waals surface area contributed by atoms with Crippen LogP contribution < -0.4 is 10.2 Å². The number of carbonyl (C=O) groups excluding carboxylic acids is 1. The summed E-state index contributed by atoms with van der Waals surface area (Å²) in [5, 5.41) is 17.5. The van der Waals surface area contributed by atoms with Crippen molar-refractivity contribution in [3.63, 3.8) is 0 Å². The summed E-state index contributed by atoms with van der Waals surface area (Å²) in [6, 6.07) is 7.43. The SMILES string of the molecule is O=C(Cn1cnnn1)N1CCN(c2nc(NCc3ccc(Cl)cc3Cl)c3sccc3n2)CC1. The number of anilines is 2. The van der Waals surface area contributed by atoms with Gasteiger partial charge in [0.25, 0.3) is 0 Å². The molecular formula is C20H19Cl2N9OS. The van der Waals surface area contributed by atoms with Gasteiger partial charge in [0, 0.05) is 42.8 Å². The van der Waals surface area contributed by atoms with Gasteiger partial charge in [0.15, 0.2) is 0 Å². The van der Waals surface area contributed by atoms with Crippen LogP contribution in [0.5, 0.6) is 0 Å². The van der Waals surface area contributed by atoms with E-state index >= 15 is 0 Å². The first-order chi connectivity index (χ1) is 16.1. The Morgan fingerprint density at radius 1 is 1.12 bits per heavy atom. The highest BCUT2D eigenvalue weighted by Crippen LogP contribution is 2.30. The zero-order valence-corrected chi connectivity index (χ0v) is 19.7. The Kier molecular flexibility index (Phi) is 6.25. The summed E-state index contributed by atoms with van der Waals surface area (Å²) < 4.78 is 2.41. The number of amides is 1. The van der Waals surface area contributed by atoms with Gasteiger partial charge >= 0.3 is 0 Å². The Balaban J connectivity index is 1.28. The monoisotopic (exact) mass is 503 g/mol. The van der Waals surface area contributed by atoms with Gasteiger partial charge in [-0.3, -0.25) is 4.79 Å². The van der Waals surface area contributed by atoms with E-state index in [1.54, 1.807) is 17.4 Å². The van der Waals surface area contributed by atoms with Crippen LogP contribution in [0.3, 0.4) is 0 Å². The van der Waals surface area contributed by atoms with Gasteiger partial charge in [-0.25, -0.2) is 9.67 Å². The molecule has 0 atom stereocenters. The average Bonchev–Trinajstić information content (AvgIpc) is 3.50. The summed E-state index contributed by atoms with van der Waals surface area (Å²) in [6.45, 7) is 3.08. The van der Waals surface area contributed by atoms with Gasteiger partial charge in [0.1, 0.15) is 18.7 Å². The maximum atomic E-state index is 12.5. The van der Waals surface area contributed by atoms with Gasteiger partial charge in [0.05, 0.1) is 10.2 Å². The molecule has 0 radical (unpaired) electrons. The van der Waals surface area contributed by atoms with Crippen LogP contribution in [0.4, 0.5) is 11.8 Å². The molecule has 0 aliphatic carbocycles. The van der Waals surface area contributed by atoms with Crippen LogP contribution in [0, 0.1) is 0 Å². The van der Waals surface area contributed by atoms with Crippen LogP contribution in [0.2, 0.25) is 10.0 Å². The maximum Gasteiger partial charge on any atom is 0.244 e. The lowest BCUT2D eigenvalue weighted by atomic mass is 10.2. The average molecular weight is 504 g/mol. The summed E-state index contributed by atoms with van der Waals surface area (Å²) >= 11 is 13.9. The van der Waals surface area contributed by atoms with Crippen molar-refractivity contribution in [3.8, 4) is 0 Å². The number of hydrogen-bond donors (Lipinski definition) is 1. The Labute approximate surface area is 203 Å². The van der Waals surface area contributed by atoms with Crippen LogP contribution in [-0.2, 0) is 17.9 Å². The van der Waals surface area contributed by atoms with Crippen LogP contribution >= 0.6 is 34.5 Å². The second-order valence-electron chi connectivity index (χ2n) is 7.47. The van der Waals surface area contributed by atoms with Crippen molar-refractivity contribution >= 4 is 62.4 Å². The normalized spacial score (nSPS) is 14.1. The quantitative estimate of drug-likeness (QED) is 0.428. The molecule has 1 aliphatic heterocycles. The number of hydrogen-bond acceptors (Lipinski definition) is 9. The zero-order chi connectivity index (χ0) is 22.8. The van der Waals surface area contributed by atoms with E-state index in [2.05, 4.69) is 25.7 Å². The fourth-order valence-electron chi connectivity index (χ4n) is 3.60. The summed E-state index contributed by atoms with van der Waals surface area (Å²) in [5.41, 5.74) is 1.81. The molecule has 1 aliphatic rings. The third-order valence-electron chi connectivity index (χ3n) is 5.36. The smallest absolute Gasteiger partial charge is 0.244 e. The maximum absolute atomic E-state index is 12.5. The molecule has 4 aromatic rings. The van der Waals surface area contributed by atoms with Crippen molar-refractivity contribution in [2.24, 2.45) is 0 Å². The first-order valence-electron chi connectivity index (χ1n) is 10.2. The number of halogens is 2. The third-order valence-corrected chi connectivity index (χ3v) is 6.85. The molecule has 170 valence electrons. The topological polar surface area (TPSA) is 105 Å². The number of benzene rings is 1. The molecule has 1 aromatic carbocycles. The van der Waals surface area contributed by atoms with Crippen LogP contribution in [-0.4, -0.2) is 67.2 Å². The van der Waals surface area contributed by atoms with E-state index in [0.29, 0.717) is 48.7 Å². The highest BCUT2D eigenvalue weighted by molar-refractivity contribution is 7.17. The lowest BCUT2D eigenvalue weighted by Crippen LogP contribution is -2.50. The Hall–Kier alpha value is -3.02. The molecule has 3 aromatic heterocycles. The predicted octanol–water partition coefficient (Wildman–Crippen LogP) is 2.95. The molecule has 0 bridgehead atoms. The largest absolute Gasteiger partial charge is 0.365 e. The Morgan fingerprint density at radius 2 is 1.97 bits per heavy atom. The van der Waals surface area contributed by atoms with E-state index in [1.165, 1.54) is 11.0 Å². The molecule has 0 spiro atoms. The van der Waals surface area contributed by atoms with Crippen molar-refractivity contribution in [2.45, 2.75) is 13.1 Å². The molecule has 5 rings (SSSR count). The van der Waals surface area contributed by atoms with E-state index in [1.807, 2.05) is 28.5 Å². The molecule has 1 saturated heterocycles. The summed E-state index contributed by atoms with van der Waals surface area (Å²) in [6.07, 6.45) is 1.43. The number of nitrogens with zero attached hydrogens (tertiary/aromatic N) is 8. The molecule has 0 saturated carbocycles. The predicted molar refractivity (Wildman–Crippen MR) is 128 cm³/mol. The molecule has 4 heterocycles. The second-order valence-corrected chi connectivity index (χ2v) is 9.23. The van der Waals surface area contributed by atoms with Gasteiger partial charge in [-0.2, -0.15) is 4.98 Å². The minimum Gasteiger partial charge on any atom is -0.365 e. The number of aromatic nitrogens is 6. The minimum absolute atomic E-state index is 0.0154. The summed E-state index contributed by atoms with van der Waals surface area (Å²) in [7, 11) is 0. The van der Waals surface area contributed by atoms with Crippen LogP contribution in [0.25, 0.3) is 10.2 Å². The molecule has 1 N–H and O–H groups in total. The fourth-order valence-corrected chi connectivity index (χ4v) is 4.88. The van der Waals surface area contributed by atoms with Crippen molar-refractivity contribution in [2.75, 3.05) is 36.4 Å². The van der Waals surface area contributed by atoms with E-state index in [-0.39, 0.29) is 12.5 Å². The minimum atomic E-state index is -0.0154. The highest BCUT2D eigenvalue weighted by atomic mass is 35.5. The van der Waals surface area contributed by atoms with Crippen LogP contribution in [0.1, 0.15) is 5.56 Å². The van der Waals surface area contributed by atoms with Crippen molar-refractivity contribution in [3.05, 3.63) is 51.6 Å². The van der Waals surface area contributed by atoms with E-state index in [0.717, 1.165) is 21.6 Å². The number of fused-ring (bicyclic) bond motifs is 1. The number of thiophene rings is 1. The standard InChI is InChI=1S/C20H19Cl2N9OS/c21-14-2-1-13(15(22)9-14)10-23-19-18-16(3-8-33-18)25-20(26-19)30-6-4-29(5-7-30)17(32)11-31-12-24-27-28-31/h1-3,8-9,12H,4-7,10-11H2,(H,23,25,26). The Bertz CT molecular complexity index is 1270. The summed E-state index contributed by atoms with van der Waals surface area (Å²) in [4.78, 5) is 26.0. The van der Waals surface area contributed by atoms with Crippen molar-refractivity contribution in [1.82, 2.24) is 35.1 Å². The lowest BCUT2D eigenvalue weighted by Gasteiger charge is -2.34. The first-order valence-corrected chi connectivity index (χ1v) is 11.9. The molecule has 0 unspecified atom stereocenters. The molecule has 13 heteroatoms. The number of nitrogens with one attached hydrogen (secondary N) is 1.